The van der Waals surface area contributed by atoms with Crippen LogP contribution in [0.4, 0.5) is 11.4 Å². The number of nitrogens with two attached hydrogens (primary N) is 1. The Labute approximate surface area is 114 Å². The number of hydrogen-bond acceptors (Lipinski definition) is 6. The first kappa shape index (κ1) is 13.9. The first-order valence-corrected chi connectivity index (χ1v) is 5.92. The average molecular weight is 279 g/mol. The Morgan fingerprint density at radius 2 is 2.30 bits per heavy atom. The molecule has 2 N–H and O–H groups in total. The maximum atomic E-state index is 11.4. The van der Waals surface area contributed by atoms with Gasteiger partial charge in [0.15, 0.2) is 0 Å². The minimum atomic E-state index is -0.760. The van der Waals surface area contributed by atoms with Gasteiger partial charge in [-0.25, -0.2) is 0 Å². The molecule has 0 spiro atoms. The second-order valence-corrected chi connectivity index (χ2v) is 4.31. The second kappa shape index (κ2) is 5.66. The van der Waals surface area contributed by atoms with E-state index in [2.05, 4.69) is 0 Å². The fraction of sp³-hybridized carbons (Fsp3) is 0.333. The van der Waals surface area contributed by atoms with Crippen LogP contribution in [0.3, 0.4) is 0 Å². The van der Waals surface area contributed by atoms with Gasteiger partial charge in [-0.15, -0.1) is 0 Å². The lowest BCUT2D eigenvalue weighted by atomic mass is 10.1. The molecule has 1 aliphatic rings. The zero-order valence-corrected chi connectivity index (χ0v) is 10.5. The molecule has 0 aromatic heterocycles. The number of morpholine rings is 1. The van der Waals surface area contributed by atoms with Crippen molar-refractivity contribution in [2.24, 2.45) is 5.73 Å². The minimum absolute atomic E-state index is 0.0852. The molecule has 2 rings (SSSR count). The molecule has 8 nitrogen and oxygen atoms in total. The molecule has 1 aromatic rings. The van der Waals surface area contributed by atoms with Gasteiger partial charge in [-0.1, -0.05) is 0 Å². The number of hydrogen-bond donors (Lipinski definition) is 1. The number of anilines is 1. The molecule has 0 saturated carbocycles. The van der Waals surface area contributed by atoms with E-state index in [0.717, 1.165) is 0 Å². The van der Waals surface area contributed by atoms with Crippen molar-refractivity contribution in [1.29, 1.82) is 0 Å². The van der Waals surface area contributed by atoms with E-state index in [0.29, 0.717) is 19.4 Å². The van der Waals surface area contributed by atoms with E-state index in [1.165, 1.54) is 18.2 Å². The third kappa shape index (κ3) is 2.59. The normalized spacial score (nSPS) is 18.6. The fourth-order valence-corrected chi connectivity index (χ4v) is 2.13. The molecule has 8 heteroatoms. The molecule has 1 fully saturated rings. The summed E-state index contributed by atoms with van der Waals surface area (Å²) < 4.78 is 5.17. The highest BCUT2D eigenvalue weighted by molar-refractivity contribution is 5.86. The Hall–Kier alpha value is -2.48. The third-order valence-electron chi connectivity index (χ3n) is 3.10. The van der Waals surface area contributed by atoms with Gasteiger partial charge in [0.05, 0.1) is 18.1 Å². The SMILES string of the molecule is NC(=O)C1COCCN1c1ccc(C=O)cc1[N+](=O)[O-]. The van der Waals surface area contributed by atoms with Gasteiger partial charge in [-0.3, -0.25) is 19.7 Å². The lowest BCUT2D eigenvalue weighted by Gasteiger charge is -2.34. The maximum Gasteiger partial charge on any atom is 0.293 e. The molecule has 0 radical (unpaired) electrons. The van der Waals surface area contributed by atoms with Crippen LogP contribution >= 0.6 is 0 Å². The van der Waals surface area contributed by atoms with Crippen molar-refractivity contribution in [3.8, 4) is 0 Å². The summed E-state index contributed by atoms with van der Waals surface area (Å²) in [7, 11) is 0. The van der Waals surface area contributed by atoms with Crippen LogP contribution in [0.2, 0.25) is 0 Å². The van der Waals surface area contributed by atoms with E-state index in [4.69, 9.17) is 10.5 Å². The quantitative estimate of drug-likeness (QED) is 0.474. The van der Waals surface area contributed by atoms with Gasteiger partial charge < -0.3 is 15.4 Å². The first-order valence-electron chi connectivity index (χ1n) is 5.92. The van der Waals surface area contributed by atoms with E-state index in [1.807, 2.05) is 0 Å². The summed E-state index contributed by atoms with van der Waals surface area (Å²) in [6.45, 7) is 0.743. The van der Waals surface area contributed by atoms with Crippen LogP contribution in [-0.2, 0) is 9.53 Å². The second-order valence-electron chi connectivity index (χ2n) is 4.31. The summed E-state index contributed by atoms with van der Waals surface area (Å²) in [5, 5.41) is 11.1. The largest absolute Gasteiger partial charge is 0.377 e. The summed E-state index contributed by atoms with van der Waals surface area (Å²) in [4.78, 5) is 34.2. The van der Waals surface area contributed by atoms with Crippen LogP contribution < -0.4 is 10.6 Å². The molecule has 1 heterocycles. The Morgan fingerprint density at radius 1 is 1.55 bits per heavy atom. The Balaban J connectivity index is 2.46. The van der Waals surface area contributed by atoms with Crippen molar-refractivity contribution >= 4 is 23.6 Å². The van der Waals surface area contributed by atoms with E-state index in [-0.39, 0.29) is 23.5 Å². The van der Waals surface area contributed by atoms with Crippen molar-refractivity contribution in [3.05, 3.63) is 33.9 Å². The number of carbonyl (C=O) groups excluding carboxylic acids is 2. The standard InChI is InChI=1S/C12H13N3O5/c13-12(17)11-7-20-4-3-14(11)9-2-1-8(6-16)5-10(9)15(18)19/h1-2,5-6,11H,3-4,7H2,(H2,13,17). The maximum absolute atomic E-state index is 11.4. The average Bonchev–Trinajstić information content (AvgIpc) is 2.46. The van der Waals surface area contributed by atoms with Gasteiger partial charge in [-0.2, -0.15) is 0 Å². The van der Waals surface area contributed by atoms with E-state index in [1.54, 1.807) is 4.90 Å². The van der Waals surface area contributed by atoms with E-state index < -0.39 is 16.9 Å². The zero-order chi connectivity index (χ0) is 14.7. The predicted octanol–water partition coefficient (Wildman–Crippen LogP) is 0.0978. The lowest BCUT2D eigenvalue weighted by molar-refractivity contribution is -0.384. The van der Waals surface area contributed by atoms with E-state index >= 15 is 0 Å². The number of benzene rings is 1. The van der Waals surface area contributed by atoms with Crippen molar-refractivity contribution in [3.63, 3.8) is 0 Å². The topological polar surface area (TPSA) is 116 Å². The van der Waals surface area contributed by atoms with Gasteiger partial charge in [0, 0.05) is 18.2 Å². The Bertz CT molecular complexity index is 560. The Morgan fingerprint density at radius 3 is 2.90 bits per heavy atom. The third-order valence-corrected chi connectivity index (χ3v) is 3.10. The minimum Gasteiger partial charge on any atom is -0.377 e. The van der Waals surface area contributed by atoms with Crippen LogP contribution in [0.5, 0.6) is 0 Å². The van der Waals surface area contributed by atoms with Gasteiger partial charge >= 0.3 is 0 Å². The number of nitro benzene ring substituents is 1. The van der Waals surface area contributed by atoms with Crippen LogP contribution in [0.1, 0.15) is 10.4 Å². The number of rotatable bonds is 4. The number of primary amides is 1. The zero-order valence-electron chi connectivity index (χ0n) is 10.5. The number of ether oxygens (including phenoxy) is 1. The van der Waals surface area contributed by atoms with E-state index in [9.17, 15) is 19.7 Å². The smallest absolute Gasteiger partial charge is 0.293 e. The lowest BCUT2D eigenvalue weighted by Crippen LogP contribution is -2.52. The molecular formula is C12H13N3O5. The molecule has 1 amide bonds. The molecule has 1 aliphatic heterocycles. The van der Waals surface area contributed by atoms with Crippen LogP contribution in [0.15, 0.2) is 18.2 Å². The molecule has 106 valence electrons. The molecule has 1 atom stereocenters. The molecule has 1 saturated heterocycles. The summed E-state index contributed by atoms with van der Waals surface area (Å²) in [5.74, 6) is -0.613. The number of nitro groups is 1. The number of aldehydes is 1. The summed E-state index contributed by atoms with van der Waals surface area (Å²) in [6, 6.07) is 3.33. The molecular weight excluding hydrogens is 266 g/mol. The van der Waals surface area contributed by atoms with Crippen LogP contribution in [0, 0.1) is 10.1 Å². The molecule has 0 aliphatic carbocycles. The molecule has 1 aromatic carbocycles. The van der Waals surface area contributed by atoms with Crippen molar-refractivity contribution in [2.45, 2.75) is 6.04 Å². The predicted molar refractivity (Wildman–Crippen MR) is 69.6 cm³/mol. The van der Waals surface area contributed by atoms with Crippen LogP contribution in [-0.4, -0.2) is 42.9 Å². The van der Waals surface area contributed by atoms with Gasteiger partial charge in [0.25, 0.3) is 5.69 Å². The first-order chi connectivity index (χ1) is 9.54. The molecule has 20 heavy (non-hydrogen) atoms. The van der Waals surface area contributed by atoms with Crippen molar-refractivity contribution in [2.75, 3.05) is 24.7 Å². The molecule has 1 unspecified atom stereocenters. The van der Waals surface area contributed by atoms with Crippen LogP contribution in [0.25, 0.3) is 0 Å². The van der Waals surface area contributed by atoms with Gasteiger partial charge in [-0.05, 0) is 12.1 Å². The number of carbonyl (C=O) groups is 2. The Kier molecular flexibility index (Phi) is 3.94. The highest BCUT2D eigenvalue weighted by Crippen LogP contribution is 2.31. The fourth-order valence-electron chi connectivity index (χ4n) is 2.13. The highest BCUT2D eigenvalue weighted by Gasteiger charge is 2.32. The van der Waals surface area contributed by atoms with Crippen molar-refractivity contribution in [1.82, 2.24) is 0 Å². The van der Waals surface area contributed by atoms with Crippen molar-refractivity contribution < 1.29 is 19.2 Å². The highest BCUT2D eigenvalue weighted by atomic mass is 16.6. The van der Waals surface area contributed by atoms with Gasteiger partial charge in [0.2, 0.25) is 5.91 Å². The summed E-state index contributed by atoms with van der Waals surface area (Å²) in [6.07, 6.45) is 0.529. The number of nitrogens with zero attached hydrogens (tertiary/aromatic N) is 2. The molecule has 0 bridgehead atoms. The monoisotopic (exact) mass is 279 g/mol. The van der Waals surface area contributed by atoms with Gasteiger partial charge in [0.1, 0.15) is 18.0 Å². The summed E-state index contributed by atoms with van der Waals surface area (Å²) >= 11 is 0. The summed E-state index contributed by atoms with van der Waals surface area (Å²) in [5.41, 5.74) is 5.51. The number of amides is 1.